The average molecular weight is 255 g/mol. The molecule has 0 amide bonds. The standard InChI is InChI=1S/C10H13N3O3S/c1-17-4-6(14)7-8(11)13(5-2-3-5)10(16)12-9(7)15/h5H,2-4,11H2,1H3,(H,12,15,16). The van der Waals surface area contributed by atoms with Crippen molar-refractivity contribution in [2.24, 2.45) is 0 Å². The minimum Gasteiger partial charge on any atom is -0.384 e. The maximum absolute atomic E-state index is 11.8. The van der Waals surface area contributed by atoms with Crippen molar-refractivity contribution in [1.29, 1.82) is 0 Å². The number of aromatic nitrogens is 2. The number of Topliss-reactive ketones (excluding diaryl/α,β-unsaturated/α-hetero) is 1. The average Bonchev–Trinajstić information content (AvgIpc) is 3.01. The Kier molecular flexibility index (Phi) is 3.10. The van der Waals surface area contributed by atoms with Crippen LogP contribution in [-0.2, 0) is 0 Å². The van der Waals surface area contributed by atoms with E-state index in [1.165, 1.54) is 16.3 Å². The summed E-state index contributed by atoms with van der Waals surface area (Å²) in [7, 11) is 0. The number of nitrogens with zero attached hydrogens (tertiary/aromatic N) is 1. The first-order valence-corrected chi connectivity index (χ1v) is 6.62. The minimum absolute atomic E-state index is 0.000278. The smallest absolute Gasteiger partial charge is 0.330 e. The molecule has 2 rings (SSSR count). The molecule has 0 aromatic carbocycles. The molecular formula is C10H13N3O3S. The van der Waals surface area contributed by atoms with E-state index in [4.69, 9.17) is 5.73 Å². The van der Waals surface area contributed by atoms with E-state index >= 15 is 0 Å². The van der Waals surface area contributed by atoms with Gasteiger partial charge < -0.3 is 5.73 Å². The number of carbonyl (C=O) groups is 1. The molecule has 1 heterocycles. The van der Waals surface area contributed by atoms with E-state index in [1.807, 2.05) is 0 Å². The lowest BCUT2D eigenvalue weighted by atomic mass is 10.2. The Morgan fingerprint density at radius 2 is 2.18 bits per heavy atom. The maximum Gasteiger partial charge on any atom is 0.330 e. The molecule has 1 aliphatic rings. The Bertz CT molecular complexity index is 571. The molecule has 0 bridgehead atoms. The third-order valence-corrected chi connectivity index (χ3v) is 3.20. The van der Waals surface area contributed by atoms with Gasteiger partial charge in [-0.15, -0.1) is 0 Å². The number of ketones is 1. The highest BCUT2D eigenvalue weighted by atomic mass is 32.2. The number of nitrogens with two attached hydrogens (primary N) is 1. The van der Waals surface area contributed by atoms with Crippen molar-refractivity contribution in [1.82, 2.24) is 9.55 Å². The monoisotopic (exact) mass is 255 g/mol. The third kappa shape index (κ3) is 2.14. The highest BCUT2D eigenvalue weighted by molar-refractivity contribution is 7.99. The van der Waals surface area contributed by atoms with Crippen LogP contribution in [0.1, 0.15) is 29.2 Å². The van der Waals surface area contributed by atoms with E-state index in [0.29, 0.717) is 0 Å². The molecule has 0 atom stereocenters. The van der Waals surface area contributed by atoms with Gasteiger partial charge >= 0.3 is 5.69 Å². The molecule has 0 radical (unpaired) electrons. The van der Waals surface area contributed by atoms with Gasteiger partial charge in [-0.1, -0.05) is 0 Å². The van der Waals surface area contributed by atoms with E-state index in [1.54, 1.807) is 6.26 Å². The van der Waals surface area contributed by atoms with Gasteiger partial charge in [-0.2, -0.15) is 11.8 Å². The van der Waals surface area contributed by atoms with Crippen LogP contribution in [0.25, 0.3) is 0 Å². The molecule has 1 aliphatic carbocycles. The highest BCUT2D eigenvalue weighted by Crippen LogP contribution is 2.35. The number of nitrogen functional groups attached to an aromatic ring is 1. The summed E-state index contributed by atoms with van der Waals surface area (Å²) in [5.41, 5.74) is 4.46. The van der Waals surface area contributed by atoms with Crippen molar-refractivity contribution in [3.8, 4) is 0 Å². The van der Waals surface area contributed by atoms with E-state index in [0.717, 1.165) is 12.8 Å². The van der Waals surface area contributed by atoms with Crippen molar-refractivity contribution in [3.05, 3.63) is 26.4 Å². The molecule has 1 fully saturated rings. The van der Waals surface area contributed by atoms with E-state index < -0.39 is 11.2 Å². The van der Waals surface area contributed by atoms with Crippen molar-refractivity contribution >= 4 is 23.4 Å². The molecule has 3 N–H and O–H groups in total. The van der Waals surface area contributed by atoms with Gasteiger partial charge in [0, 0.05) is 6.04 Å². The molecule has 17 heavy (non-hydrogen) atoms. The lowest BCUT2D eigenvalue weighted by Gasteiger charge is -2.10. The SMILES string of the molecule is CSCC(=O)c1c(N)n(C2CC2)c(=O)[nH]c1=O. The number of carbonyl (C=O) groups excluding carboxylic acids is 1. The molecule has 0 saturated heterocycles. The number of thioether (sulfide) groups is 1. The fourth-order valence-electron chi connectivity index (χ4n) is 1.73. The second-order valence-electron chi connectivity index (χ2n) is 3.98. The largest absolute Gasteiger partial charge is 0.384 e. The number of anilines is 1. The third-order valence-electron chi connectivity index (χ3n) is 2.65. The number of hydrogen-bond donors (Lipinski definition) is 2. The molecule has 0 unspecified atom stereocenters. The summed E-state index contributed by atoms with van der Waals surface area (Å²) in [4.78, 5) is 37.1. The zero-order valence-electron chi connectivity index (χ0n) is 9.36. The van der Waals surface area contributed by atoms with E-state index in [2.05, 4.69) is 4.98 Å². The van der Waals surface area contributed by atoms with E-state index in [-0.39, 0.29) is 29.0 Å². The molecule has 92 valence electrons. The fraction of sp³-hybridized carbons (Fsp3) is 0.500. The van der Waals surface area contributed by atoms with Gasteiger partial charge in [0.05, 0.1) is 5.75 Å². The van der Waals surface area contributed by atoms with Gasteiger partial charge in [0.15, 0.2) is 5.78 Å². The van der Waals surface area contributed by atoms with Crippen molar-refractivity contribution in [2.75, 3.05) is 17.7 Å². The Balaban J connectivity index is 2.59. The zero-order valence-corrected chi connectivity index (χ0v) is 10.2. The van der Waals surface area contributed by atoms with E-state index in [9.17, 15) is 14.4 Å². The van der Waals surface area contributed by atoms with Gasteiger partial charge in [0.25, 0.3) is 5.56 Å². The Morgan fingerprint density at radius 1 is 1.53 bits per heavy atom. The Labute approximate surface area is 101 Å². The van der Waals surface area contributed by atoms with Gasteiger partial charge in [-0.3, -0.25) is 19.1 Å². The Morgan fingerprint density at radius 3 is 2.71 bits per heavy atom. The van der Waals surface area contributed by atoms with Crippen LogP contribution in [-0.4, -0.2) is 27.3 Å². The quantitative estimate of drug-likeness (QED) is 0.738. The van der Waals surface area contributed by atoms with Gasteiger partial charge in [0.1, 0.15) is 11.4 Å². The van der Waals surface area contributed by atoms with Crippen molar-refractivity contribution in [3.63, 3.8) is 0 Å². The first-order chi connectivity index (χ1) is 8.06. The zero-order chi connectivity index (χ0) is 12.6. The molecule has 1 aromatic rings. The summed E-state index contributed by atoms with van der Waals surface area (Å²) >= 11 is 1.31. The molecule has 7 heteroatoms. The fourth-order valence-corrected chi connectivity index (χ4v) is 2.14. The second kappa shape index (κ2) is 4.40. The van der Waals surface area contributed by atoms with Gasteiger partial charge in [0.2, 0.25) is 0 Å². The molecule has 6 nitrogen and oxygen atoms in total. The molecule has 1 aromatic heterocycles. The topological polar surface area (TPSA) is 97.9 Å². The molecule has 1 saturated carbocycles. The second-order valence-corrected chi connectivity index (χ2v) is 4.84. The first-order valence-electron chi connectivity index (χ1n) is 5.22. The predicted molar refractivity (Wildman–Crippen MR) is 66.7 cm³/mol. The number of hydrogen-bond acceptors (Lipinski definition) is 5. The lowest BCUT2D eigenvalue weighted by Crippen LogP contribution is -2.36. The van der Waals surface area contributed by atoms with Crippen molar-refractivity contribution < 1.29 is 4.79 Å². The highest BCUT2D eigenvalue weighted by Gasteiger charge is 2.29. The summed E-state index contributed by atoms with van der Waals surface area (Å²) in [6, 6.07) is 0.0279. The maximum atomic E-state index is 11.8. The van der Waals surface area contributed by atoms with Crippen LogP contribution in [0.15, 0.2) is 9.59 Å². The Hall–Kier alpha value is -1.50. The van der Waals surface area contributed by atoms with Crippen LogP contribution in [0.4, 0.5) is 5.82 Å². The number of rotatable bonds is 4. The summed E-state index contributed by atoms with van der Waals surface area (Å²) in [6.45, 7) is 0. The normalized spacial score (nSPS) is 14.9. The molecular weight excluding hydrogens is 242 g/mol. The molecule has 0 spiro atoms. The predicted octanol–water partition coefficient (Wildman–Crippen LogP) is -0.000600. The van der Waals surface area contributed by atoms with Gasteiger partial charge in [-0.05, 0) is 19.1 Å². The number of aromatic amines is 1. The minimum atomic E-state index is -0.691. The van der Waals surface area contributed by atoms with Crippen LogP contribution >= 0.6 is 11.8 Å². The lowest BCUT2D eigenvalue weighted by molar-refractivity contribution is 0.102. The van der Waals surface area contributed by atoms with Crippen LogP contribution < -0.4 is 17.0 Å². The number of H-pyrrole nitrogens is 1. The number of nitrogens with one attached hydrogen (secondary N) is 1. The van der Waals surface area contributed by atoms with Crippen LogP contribution in [0.5, 0.6) is 0 Å². The molecule has 0 aliphatic heterocycles. The first kappa shape index (κ1) is 12.0. The summed E-state index contributed by atoms with van der Waals surface area (Å²) in [6.07, 6.45) is 3.47. The summed E-state index contributed by atoms with van der Waals surface area (Å²) in [5.74, 6) is -0.165. The van der Waals surface area contributed by atoms with Crippen LogP contribution in [0.3, 0.4) is 0 Å². The summed E-state index contributed by atoms with van der Waals surface area (Å²) < 4.78 is 1.31. The van der Waals surface area contributed by atoms with Crippen LogP contribution in [0, 0.1) is 0 Å². The van der Waals surface area contributed by atoms with Crippen molar-refractivity contribution in [2.45, 2.75) is 18.9 Å². The summed E-state index contributed by atoms with van der Waals surface area (Å²) in [5, 5.41) is 0. The van der Waals surface area contributed by atoms with Crippen LogP contribution in [0.2, 0.25) is 0 Å². The van der Waals surface area contributed by atoms with Gasteiger partial charge in [-0.25, -0.2) is 4.79 Å².